The quantitative estimate of drug-likeness (QED) is 0.481. The minimum absolute atomic E-state index is 0.0359. The molecule has 0 saturated carbocycles. The van der Waals surface area contributed by atoms with Crippen LogP contribution in [0.15, 0.2) is 56.1 Å². The number of rotatable bonds is 2. The van der Waals surface area contributed by atoms with Gasteiger partial charge in [0, 0.05) is 15.5 Å². The van der Waals surface area contributed by atoms with Gasteiger partial charge in [0.25, 0.3) is 5.91 Å². The van der Waals surface area contributed by atoms with Crippen molar-refractivity contribution in [3.63, 3.8) is 0 Å². The molecule has 7 heteroatoms. The summed E-state index contributed by atoms with van der Waals surface area (Å²) in [5.41, 5.74) is 1.23. The number of fused-ring (bicyclic) bond motifs is 2. The molecule has 124 valence electrons. The van der Waals surface area contributed by atoms with Crippen molar-refractivity contribution in [3.05, 3.63) is 67.9 Å². The fraction of sp³-hybridized carbons (Fsp3) is 0.0556. The molecule has 2 aromatic carbocycles. The summed E-state index contributed by atoms with van der Waals surface area (Å²) in [5, 5.41) is 4.38. The van der Waals surface area contributed by atoms with Gasteiger partial charge in [0.15, 0.2) is 0 Å². The zero-order chi connectivity index (χ0) is 17.6. The number of aromatic nitrogens is 1. The Morgan fingerprint density at radius 2 is 2.04 bits per heavy atom. The third-order valence-corrected chi connectivity index (χ3v) is 5.12. The second kappa shape index (κ2) is 6.09. The van der Waals surface area contributed by atoms with Crippen LogP contribution in [-0.2, 0) is 0 Å². The summed E-state index contributed by atoms with van der Waals surface area (Å²) >= 11 is 4.91. The molecule has 0 bridgehead atoms. The first-order valence-corrected chi connectivity index (χ1v) is 9.02. The van der Waals surface area contributed by atoms with Gasteiger partial charge in [-0.1, -0.05) is 15.9 Å². The second-order valence-electron chi connectivity index (χ2n) is 5.50. The molecular formula is C18H11BrN2O3S. The summed E-state index contributed by atoms with van der Waals surface area (Å²) in [6.07, 6.45) is 0. The highest BCUT2D eigenvalue weighted by Crippen LogP contribution is 2.25. The molecule has 0 atom stereocenters. The Morgan fingerprint density at radius 1 is 1.20 bits per heavy atom. The first kappa shape index (κ1) is 16.0. The van der Waals surface area contributed by atoms with Crippen LogP contribution in [-0.4, -0.2) is 10.9 Å². The fourth-order valence-electron chi connectivity index (χ4n) is 2.57. The molecular weight excluding hydrogens is 404 g/mol. The summed E-state index contributed by atoms with van der Waals surface area (Å²) in [6.45, 7) is 1.93. The van der Waals surface area contributed by atoms with Crippen molar-refractivity contribution in [1.82, 2.24) is 4.98 Å². The van der Waals surface area contributed by atoms with Gasteiger partial charge >= 0.3 is 5.63 Å². The van der Waals surface area contributed by atoms with Crippen LogP contribution in [0.25, 0.3) is 21.2 Å². The van der Waals surface area contributed by atoms with Gasteiger partial charge in [0.1, 0.15) is 11.1 Å². The first-order chi connectivity index (χ1) is 12.0. The molecule has 0 radical (unpaired) electrons. The number of aryl methyl sites for hydroxylation is 1. The van der Waals surface area contributed by atoms with Gasteiger partial charge in [0.2, 0.25) is 0 Å². The third kappa shape index (κ3) is 3.08. The van der Waals surface area contributed by atoms with Gasteiger partial charge in [-0.25, -0.2) is 9.78 Å². The van der Waals surface area contributed by atoms with Crippen molar-refractivity contribution < 1.29 is 9.21 Å². The number of carbonyl (C=O) groups is 1. The molecule has 1 amide bonds. The summed E-state index contributed by atoms with van der Waals surface area (Å²) in [7, 11) is 0. The number of anilines is 1. The first-order valence-electron chi connectivity index (χ1n) is 7.41. The van der Waals surface area contributed by atoms with Crippen LogP contribution in [0, 0.1) is 6.92 Å². The Labute approximate surface area is 154 Å². The molecule has 4 rings (SSSR count). The van der Waals surface area contributed by atoms with E-state index in [1.165, 1.54) is 6.07 Å². The van der Waals surface area contributed by atoms with E-state index in [-0.39, 0.29) is 5.56 Å². The van der Waals surface area contributed by atoms with E-state index in [9.17, 15) is 9.59 Å². The minimum atomic E-state index is -0.665. The summed E-state index contributed by atoms with van der Waals surface area (Å²) in [6, 6.07) is 12.2. The van der Waals surface area contributed by atoms with E-state index in [0.29, 0.717) is 16.7 Å². The zero-order valence-corrected chi connectivity index (χ0v) is 15.4. The van der Waals surface area contributed by atoms with E-state index < -0.39 is 11.5 Å². The highest BCUT2D eigenvalue weighted by Gasteiger charge is 2.14. The average molecular weight is 415 g/mol. The molecule has 0 unspecified atom stereocenters. The summed E-state index contributed by atoms with van der Waals surface area (Å²) < 4.78 is 7.05. The SMILES string of the molecule is Cc1nc2ccc(NC(=O)c3cc4cc(Br)ccc4oc3=O)cc2s1. The minimum Gasteiger partial charge on any atom is -0.422 e. The topological polar surface area (TPSA) is 72.2 Å². The maximum Gasteiger partial charge on any atom is 0.349 e. The summed E-state index contributed by atoms with van der Waals surface area (Å²) in [4.78, 5) is 29.0. The lowest BCUT2D eigenvalue weighted by molar-refractivity contribution is 0.102. The van der Waals surface area contributed by atoms with E-state index in [2.05, 4.69) is 26.2 Å². The molecule has 0 spiro atoms. The number of hydrogen-bond acceptors (Lipinski definition) is 5. The molecule has 1 N–H and O–H groups in total. The smallest absolute Gasteiger partial charge is 0.349 e. The van der Waals surface area contributed by atoms with E-state index in [0.717, 1.165) is 19.7 Å². The van der Waals surface area contributed by atoms with Crippen molar-refractivity contribution in [3.8, 4) is 0 Å². The number of benzene rings is 2. The van der Waals surface area contributed by atoms with Crippen molar-refractivity contribution in [2.75, 3.05) is 5.32 Å². The van der Waals surface area contributed by atoms with Crippen LogP contribution < -0.4 is 10.9 Å². The number of hydrogen-bond donors (Lipinski definition) is 1. The molecule has 2 aromatic heterocycles. The van der Waals surface area contributed by atoms with Crippen LogP contribution in [0.1, 0.15) is 15.4 Å². The number of amides is 1. The van der Waals surface area contributed by atoms with Crippen molar-refractivity contribution in [2.45, 2.75) is 6.92 Å². The highest BCUT2D eigenvalue weighted by atomic mass is 79.9. The lowest BCUT2D eigenvalue weighted by atomic mass is 10.1. The molecule has 0 fully saturated rings. The molecule has 0 aliphatic rings. The molecule has 4 aromatic rings. The number of nitrogens with one attached hydrogen (secondary N) is 1. The van der Waals surface area contributed by atoms with Crippen molar-refractivity contribution >= 4 is 60.0 Å². The van der Waals surface area contributed by atoms with E-state index in [1.54, 1.807) is 35.6 Å². The lowest BCUT2D eigenvalue weighted by Crippen LogP contribution is -2.20. The third-order valence-electron chi connectivity index (χ3n) is 3.69. The Morgan fingerprint density at radius 3 is 2.88 bits per heavy atom. The Bertz CT molecular complexity index is 1200. The van der Waals surface area contributed by atoms with E-state index in [1.807, 2.05) is 19.1 Å². The maximum absolute atomic E-state index is 12.5. The Hall–Kier alpha value is -2.51. The summed E-state index contributed by atoms with van der Waals surface area (Å²) in [5.74, 6) is -0.504. The number of carbonyl (C=O) groups excluding carboxylic acids is 1. The number of thiazole rings is 1. The van der Waals surface area contributed by atoms with Gasteiger partial charge in [-0.15, -0.1) is 11.3 Å². The predicted molar refractivity (Wildman–Crippen MR) is 102 cm³/mol. The normalized spacial score (nSPS) is 11.1. The van der Waals surface area contributed by atoms with Crippen LogP contribution >= 0.6 is 27.3 Å². The van der Waals surface area contributed by atoms with Gasteiger partial charge < -0.3 is 9.73 Å². The van der Waals surface area contributed by atoms with Gasteiger partial charge in [0.05, 0.1) is 15.2 Å². The molecule has 5 nitrogen and oxygen atoms in total. The standard InChI is InChI=1S/C18H11BrN2O3S/c1-9-20-14-4-3-12(8-16(14)25-9)21-17(22)13-7-10-6-11(19)2-5-15(10)24-18(13)23/h2-8H,1H3,(H,21,22). The predicted octanol–water partition coefficient (Wildman–Crippen LogP) is 4.73. The number of nitrogens with zero attached hydrogens (tertiary/aromatic N) is 1. The van der Waals surface area contributed by atoms with Crippen molar-refractivity contribution in [2.24, 2.45) is 0 Å². The number of halogens is 1. The van der Waals surface area contributed by atoms with Gasteiger partial charge in [-0.2, -0.15) is 0 Å². The second-order valence-corrected chi connectivity index (χ2v) is 7.65. The molecule has 2 heterocycles. The Balaban J connectivity index is 1.70. The van der Waals surface area contributed by atoms with E-state index in [4.69, 9.17) is 4.42 Å². The largest absolute Gasteiger partial charge is 0.422 e. The lowest BCUT2D eigenvalue weighted by Gasteiger charge is -2.05. The highest BCUT2D eigenvalue weighted by molar-refractivity contribution is 9.10. The fourth-order valence-corrected chi connectivity index (χ4v) is 3.81. The van der Waals surface area contributed by atoms with Gasteiger partial charge in [-0.05, 0) is 49.4 Å². The molecule has 0 aliphatic heterocycles. The van der Waals surface area contributed by atoms with Crippen LogP contribution in [0.4, 0.5) is 5.69 Å². The van der Waals surface area contributed by atoms with Crippen LogP contribution in [0.2, 0.25) is 0 Å². The molecule has 0 aliphatic carbocycles. The Kier molecular flexibility index (Phi) is 3.89. The average Bonchev–Trinajstić information content (AvgIpc) is 2.93. The van der Waals surface area contributed by atoms with Crippen LogP contribution in [0.5, 0.6) is 0 Å². The maximum atomic E-state index is 12.5. The van der Waals surface area contributed by atoms with Crippen molar-refractivity contribution in [1.29, 1.82) is 0 Å². The van der Waals surface area contributed by atoms with Gasteiger partial charge in [-0.3, -0.25) is 4.79 Å². The zero-order valence-electron chi connectivity index (χ0n) is 13.0. The molecule has 0 saturated heterocycles. The van der Waals surface area contributed by atoms with E-state index >= 15 is 0 Å². The molecule has 25 heavy (non-hydrogen) atoms. The van der Waals surface area contributed by atoms with Crippen LogP contribution in [0.3, 0.4) is 0 Å². The monoisotopic (exact) mass is 414 g/mol.